The van der Waals surface area contributed by atoms with Crippen molar-refractivity contribution >= 4 is 12.0 Å². The quantitative estimate of drug-likeness (QED) is 0.184. The normalized spacial score (nSPS) is 15.8. The lowest BCUT2D eigenvalue weighted by Gasteiger charge is -2.28. The summed E-state index contributed by atoms with van der Waals surface area (Å²) in [6.45, 7) is 2.89. The molecule has 6 rings (SSSR count). The van der Waals surface area contributed by atoms with Crippen molar-refractivity contribution in [3.8, 4) is 33.9 Å². The molecule has 5 aromatic rings. The van der Waals surface area contributed by atoms with Crippen molar-refractivity contribution in [2.75, 3.05) is 20.7 Å². The second-order valence-electron chi connectivity index (χ2n) is 11.0. The molecule has 230 valence electrons. The number of hydrogen-bond acceptors (Lipinski definition) is 8. The maximum atomic E-state index is 13.5. The van der Waals surface area contributed by atoms with Crippen molar-refractivity contribution in [1.82, 2.24) is 45.4 Å². The minimum atomic E-state index is -0.907. The Kier molecular flexibility index (Phi) is 8.65. The lowest BCUT2D eigenvalue weighted by molar-refractivity contribution is -0.134. The fraction of sp³-hybridized carbons (Fsp3) is 0.273. The number of ether oxygens (including phenoxy) is 1. The first-order valence-electron chi connectivity index (χ1n) is 14.8. The van der Waals surface area contributed by atoms with Crippen LogP contribution in [-0.4, -0.2) is 67.5 Å². The molecule has 0 saturated carbocycles. The number of nitrogens with zero attached hydrogens (tertiary/aromatic N) is 5. The number of imidazole rings is 2. The largest absolute Gasteiger partial charge is 0.453 e. The second-order valence-corrected chi connectivity index (χ2v) is 11.0. The van der Waals surface area contributed by atoms with Gasteiger partial charge in [0.1, 0.15) is 17.7 Å². The predicted octanol–water partition coefficient (Wildman–Crippen LogP) is 4.97. The summed E-state index contributed by atoms with van der Waals surface area (Å²) < 4.78 is 4.75. The van der Waals surface area contributed by atoms with Crippen molar-refractivity contribution < 1.29 is 14.3 Å². The number of amides is 2. The van der Waals surface area contributed by atoms with Gasteiger partial charge in [-0.05, 0) is 37.4 Å². The van der Waals surface area contributed by atoms with Crippen LogP contribution in [0.5, 0.6) is 0 Å². The summed E-state index contributed by atoms with van der Waals surface area (Å²) in [5, 5.41) is 6.10. The molecule has 0 aliphatic carbocycles. The molecule has 45 heavy (non-hydrogen) atoms. The van der Waals surface area contributed by atoms with Gasteiger partial charge in [-0.25, -0.2) is 24.7 Å². The summed E-state index contributed by atoms with van der Waals surface area (Å²) in [6.07, 6.45) is 8.73. The first kappa shape index (κ1) is 29.7. The molecule has 1 aliphatic heterocycles. The van der Waals surface area contributed by atoms with E-state index in [1.54, 1.807) is 42.7 Å². The third kappa shape index (κ3) is 6.46. The number of nitrogens with one attached hydrogen (secondary N) is 4. The first-order chi connectivity index (χ1) is 21.9. The number of aromatic amines is 2. The Labute approximate surface area is 260 Å². The molecule has 0 spiro atoms. The van der Waals surface area contributed by atoms with E-state index in [-0.39, 0.29) is 11.9 Å². The van der Waals surface area contributed by atoms with Gasteiger partial charge >= 0.3 is 6.09 Å². The van der Waals surface area contributed by atoms with Crippen molar-refractivity contribution in [2.45, 2.75) is 37.9 Å². The Bertz CT molecular complexity index is 1740. The molecule has 1 aliphatic rings. The van der Waals surface area contributed by atoms with Gasteiger partial charge in [-0.1, -0.05) is 54.6 Å². The number of hydrogen-bond donors (Lipinski definition) is 4. The van der Waals surface area contributed by atoms with Crippen LogP contribution < -0.4 is 10.6 Å². The van der Waals surface area contributed by atoms with E-state index in [1.807, 2.05) is 55.6 Å². The zero-order chi connectivity index (χ0) is 31.3. The molecule has 2 amide bonds. The number of likely N-dealkylation sites (N-methyl/N-ethyl adjacent to an activating group) is 1. The van der Waals surface area contributed by atoms with Gasteiger partial charge in [0.05, 0.1) is 43.0 Å². The number of rotatable bonds is 9. The van der Waals surface area contributed by atoms with E-state index in [0.717, 1.165) is 53.3 Å². The van der Waals surface area contributed by atoms with E-state index in [2.05, 4.69) is 40.5 Å². The molecule has 12 nitrogen and oxygen atoms in total. The highest BCUT2D eigenvalue weighted by atomic mass is 16.5. The van der Waals surface area contributed by atoms with Gasteiger partial charge in [-0.2, -0.15) is 0 Å². The Morgan fingerprint density at radius 1 is 0.889 bits per heavy atom. The van der Waals surface area contributed by atoms with Crippen LogP contribution in [0.2, 0.25) is 0 Å². The zero-order valence-electron chi connectivity index (χ0n) is 25.3. The Hall–Kier alpha value is -5.36. The lowest BCUT2D eigenvalue weighted by Crippen LogP contribution is -2.42. The van der Waals surface area contributed by atoms with Gasteiger partial charge in [0, 0.05) is 30.6 Å². The summed E-state index contributed by atoms with van der Waals surface area (Å²) in [7, 11) is 2.95. The van der Waals surface area contributed by atoms with Crippen LogP contribution in [-0.2, 0) is 9.53 Å². The Morgan fingerprint density at radius 2 is 1.58 bits per heavy atom. The van der Waals surface area contributed by atoms with E-state index in [1.165, 1.54) is 7.11 Å². The van der Waals surface area contributed by atoms with Gasteiger partial charge < -0.3 is 30.2 Å². The minimum absolute atomic E-state index is 0.275. The first-order valence-corrected chi connectivity index (χ1v) is 14.8. The van der Waals surface area contributed by atoms with Crippen LogP contribution in [0.4, 0.5) is 4.79 Å². The predicted molar refractivity (Wildman–Crippen MR) is 169 cm³/mol. The minimum Gasteiger partial charge on any atom is -0.453 e. The van der Waals surface area contributed by atoms with Crippen molar-refractivity contribution in [1.29, 1.82) is 0 Å². The maximum Gasteiger partial charge on any atom is 0.407 e. The monoisotopic (exact) mass is 605 g/mol. The zero-order valence-corrected chi connectivity index (χ0v) is 25.3. The highest BCUT2D eigenvalue weighted by molar-refractivity contribution is 5.87. The molecule has 1 saturated heterocycles. The van der Waals surface area contributed by atoms with Crippen molar-refractivity contribution in [2.24, 2.45) is 0 Å². The Morgan fingerprint density at radius 3 is 2.27 bits per heavy atom. The second kappa shape index (κ2) is 13.1. The van der Waals surface area contributed by atoms with Crippen LogP contribution in [0.3, 0.4) is 0 Å². The smallest absolute Gasteiger partial charge is 0.407 e. The number of aromatic nitrogens is 6. The highest BCUT2D eigenvalue weighted by Gasteiger charge is 2.30. The van der Waals surface area contributed by atoms with E-state index < -0.39 is 18.2 Å². The molecule has 2 aromatic carbocycles. The van der Waals surface area contributed by atoms with Crippen LogP contribution in [0.25, 0.3) is 33.9 Å². The summed E-state index contributed by atoms with van der Waals surface area (Å²) in [5.41, 5.74) is 5.04. The fourth-order valence-corrected chi connectivity index (χ4v) is 5.38. The number of carbonyl (C=O) groups is 2. The molecule has 1 fully saturated rings. The molecule has 0 unspecified atom stereocenters. The van der Waals surface area contributed by atoms with Crippen LogP contribution in [0.15, 0.2) is 79.4 Å². The van der Waals surface area contributed by atoms with Crippen LogP contribution in [0.1, 0.15) is 55.1 Å². The average Bonchev–Trinajstić information content (AvgIpc) is 3.89. The third-order valence-electron chi connectivity index (χ3n) is 8.15. The van der Waals surface area contributed by atoms with Crippen molar-refractivity contribution in [3.63, 3.8) is 0 Å². The maximum absolute atomic E-state index is 13.5. The molecule has 0 bridgehead atoms. The molecular formula is C33H35N9O3. The summed E-state index contributed by atoms with van der Waals surface area (Å²) in [4.78, 5) is 52.1. The number of carbonyl (C=O) groups excluding carboxylic acids is 2. The van der Waals surface area contributed by atoms with Gasteiger partial charge in [-0.3, -0.25) is 4.79 Å². The van der Waals surface area contributed by atoms with Crippen LogP contribution in [0, 0.1) is 0 Å². The number of benzene rings is 2. The number of methoxy groups -OCH3 is 1. The molecule has 3 atom stereocenters. The SMILES string of the molecule is COC(=O)N[C@@H](C(=O)N(C)[C@@H](C)c1ncc(-c2ccc(-c3ncc(-c4cnc([C@@H]5CCCN5)[nH]4)cn3)cc2)[nH]1)c1ccccc1. The molecular weight excluding hydrogens is 570 g/mol. The summed E-state index contributed by atoms with van der Waals surface area (Å²) in [5.74, 6) is 1.88. The lowest BCUT2D eigenvalue weighted by atomic mass is 10.1. The van der Waals surface area contributed by atoms with E-state index in [4.69, 9.17) is 4.74 Å². The summed E-state index contributed by atoms with van der Waals surface area (Å²) >= 11 is 0. The molecule has 3 aromatic heterocycles. The summed E-state index contributed by atoms with van der Waals surface area (Å²) in [6, 6.07) is 15.9. The van der Waals surface area contributed by atoms with E-state index in [0.29, 0.717) is 17.2 Å². The van der Waals surface area contributed by atoms with Gasteiger partial charge in [-0.15, -0.1) is 0 Å². The van der Waals surface area contributed by atoms with E-state index in [9.17, 15) is 9.59 Å². The molecule has 4 N–H and O–H groups in total. The number of alkyl carbamates (subject to hydrolysis) is 1. The standard InChI is InChI=1S/C33H35N9O3/c1-20(42(2)32(43)28(41-33(44)45-3)22-8-5-4-6-9-22)29-37-18-26(39-29)21-11-13-23(14-12-21)30-35-16-24(17-36-30)27-19-38-31(40-27)25-10-7-15-34-25/h4-6,8-9,11-14,16-20,25,28,34H,7,10,15H2,1-3H3,(H,37,39)(H,38,40)(H,41,44)/t20-,25-,28+/m0/s1. The third-order valence-corrected chi connectivity index (χ3v) is 8.15. The van der Waals surface area contributed by atoms with E-state index >= 15 is 0 Å². The van der Waals surface area contributed by atoms with Gasteiger partial charge in [0.2, 0.25) is 5.91 Å². The van der Waals surface area contributed by atoms with Gasteiger partial charge in [0.15, 0.2) is 5.82 Å². The molecule has 4 heterocycles. The van der Waals surface area contributed by atoms with Crippen molar-refractivity contribution in [3.05, 3.63) is 96.6 Å². The van der Waals surface area contributed by atoms with Gasteiger partial charge in [0.25, 0.3) is 0 Å². The fourth-order valence-electron chi connectivity index (χ4n) is 5.38. The van der Waals surface area contributed by atoms with Crippen LogP contribution >= 0.6 is 0 Å². The Balaban J connectivity index is 1.12. The topological polar surface area (TPSA) is 154 Å². The average molecular weight is 606 g/mol. The molecule has 12 heteroatoms. The highest BCUT2D eigenvalue weighted by Crippen LogP contribution is 2.27. The number of H-pyrrole nitrogens is 2. The molecule has 0 radical (unpaired) electrons.